The van der Waals surface area contributed by atoms with Gasteiger partial charge >= 0.3 is 18.5 Å². The highest BCUT2D eigenvalue weighted by molar-refractivity contribution is 5.78. The van der Waals surface area contributed by atoms with E-state index in [-0.39, 0.29) is 22.9 Å². The summed E-state index contributed by atoms with van der Waals surface area (Å²) >= 11 is 0. The van der Waals surface area contributed by atoms with E-state index in [0.717, 1.165) is 17.0 Å². The second-order valence-corrected chi connectivity index (χ2v) is 8.93. The maximum Gasteiger partial charge on any atom is 0.416 e. The number of rotatable bonds is 6. The van der Waals surface area contributed by atoms with Crippen LogP contribution in [0.15, 0.2) is 72.1 Å². The first kappa shape index (κ1) is 29.6. The lowest BCUT2D eigenvalue weighted by atomic mass is 10.00. The van der Waals surface area contributed by atoms with Crippen molar-refractivity contribution in [2.24, 2.45) is 10.8 Å². The summed E-state index contributed by atoms with van der Waals surface area (Å²) in [5.74, 6) is -0.392. The molecular formula is C26H21F9N6. The number of fused-ring (bicyclic) bond motifs is 1. The van der Waals surface area contributed by atoms with Gasteiger partial charge in [0.25, 0.3) is 0 Å². The molecule has 218 valence electrons. The minimum Gasteiger partial charge on any atom is -0.368 e. The number of guanidine groups is 1. The maximum absolute atomic E-state index is 13.6. The molecule has 0 amide bonds. The minimum atomic E-state index is -5.09. The summed E-state index contributed by atoms with van der Waals surface area (Å²) in [5, 5.41) is 3.75. The zero-order valence-corrected chi connectivity index (χ0v) is 21.0. The molecule has 6 nitrogen and oxygen atoms in total. The van der Waals surface area contributed by atoms with Crippen molar-refractivity contribution in [3.8, 4) is 11.3 Å². The number of aromatic nitrogens is 2. The second-order valence-electron chi connectivity index (χ2n) is 8.93. The first-order chi connectivity index (χ1) is 19.1. The van der Waals surface area contributed by atoms with Gasteiger partial charge in [0.15, 0.2) is 0 Å². The zero-order valence-electron chi connectivity index (χ0n) is 21.0. The van der Waals surface area contributed by atoms with E-state index in [4.69, 9.17) is 5.73 Å². The highest BCUT2D eigenvalue weighted by Crippen LogP contribution is 2.37. The van der Waals surface area contributed by atoms with Crippen LogP contribution in [0.2, 0.25) is 0 Å². The Bertz CT molecular complexity index is 1500. The van der Waals surface area contributed by atoms with E-state index in [1.165, 1.54) is 13.1 Å². The SMILES string of the molecule is CN/N=C(\N)N(Cc1cc(C(F)(F)F)cc(C(F)(F)F)c1)Cc1cc(C(F)(F)F)ccc1-c1cn2ccccc2n1. The molecule has 2 aromatic heterocycles. The second kappa shape index (κ2) is 10.9. The molecule has 3 N–H and O–H groups in total. The number of nitrogens with two attached hydrogens (primary N) is 1. The van der Waals surface area contributed by atoms with Gasteiger partial charge in [-0.3, -0.25) is 0 Å². The summed E-state index contributed by atoms with van der Waals surface area (Å²) in [5.41, 5.74) is 4.78. The average molecular weight is 588 g/mol. The fourth-order valence-corrected chi connectivity index (χ4v) is 4.15. The number of pyridine rings is 1. The molecule has 2 heterocycles. The third-order valence-corrected chi connectivity index (χ3v) is 6.00. The number of alkyl halides is 9. The fraction of sp³-hybridized carbons (Fsp3) is 0.231. The largest absolute Gasteiger partial charge is 0.416 e. The normalized spacial score (nSPS) is 13.1. The summed E-state index contributed by atoms with van der Waals surface area (Å²) in [4.78, 5) is 5.48. The molecule has 0 aliphatic heterocycles. The molecule has 0 aliphatic carbocycles. The van der Waals surface area contributed by atoms with Gasteiger partial charge in [-0.15, -0.1) is 5.10 Å². The Hall–Kier alpha value is -4.43. The van der Waals surface area contributed by atoms with Crippen LogP contribution in [0, 0.1) is 0 Å². The van der Waals surface area contributed by atoms with E-state index >= 15 is 0 Å². The van der Waals surface area contributed by atoms with Gasteiger partial charge in [0, 0.05) is 38.1 Å². The summed E-state index contributed by atoms with van der Waals surface area (Å²) in [7, 11) is 1.34. The van der Waals surface area contributed by atoms with Crippen LogP contribution >= 0.6 is 0 Å². The lowest BCUT2D eigenvalue weighted by molar-refractivity contribution is -0.143. The highest BCUT2D eigenvalue weighted by atomic mass is 19.4. The standard InChI is InChI=1S/C26H21F9N6/c1-37-39-23(36)41(12-15-8-18(25(30,31)32)11-19(9-15)26(33,34)35)13-16-10-17(24(27,28)29)5-6-20(16)21-14-40-7-3-2-4-22(40)38-21/h2-11,14,37H,12-13H2,1H3,(H2,36,39). The van der Waals surface area contributed by atoms with E-state index in [1.807, 2.05) is 0 Å². The quantitative estimate of drug-likeness (QED) is 0.117. The van der Waals surface area contributed by atoms with Crippen molar-refractivity contribution in [2.45, 2.75) is 31.6 Å². The van der Waals surface area contributed by atoms with Gasteiger partial charge in [-0.2, -0.15) is 39.5 Å². The van der Waals surface area contributed by atoms with Crippen molar-refractivity contribution in [1.82, 2.24) is 19.7 Å². The van der Waals surface area contributed by atoms with Crippen molar-refractivity contribution in [1.29, 1.82) is 0 Å². The molecule has 0 aliphatic rings. The Labute approximate surface area is 226 Å². The van der Waals surface area contributed by atoms with Gasteiger partial charge in [0.2, 0.25) is 5.96 Å². The number of hydrogen-bond donors (Lipinski definition) is 2. The molecular weight excluding hydrogens is 567 g/mol. The number of imidazole rings is 1. The van der Waals surface area contributed by atoms with Crippen molar-refractivity contribution in [3.05, 3.63) is 94.8 Å². The molecule has 0 saturated carbocycles. The lowest BCUT2D eigenvalue weighted by Gasteiger charge is -2.26. The Morgan fingerprint density at radius 2 is 1.49 bits per heavy atom. The molecule has 4 aromatic rings. The molecule has 0 unspecified atom stereocenters. The van der Waals surface area contributed by atoms with Gasteiger partial charge in [-0.25, -0.2) is 4.98 Å². The smallest absolute Gasteiger partial charge is 0.368 e. The Kier molecular flexibility index (Phi) is 7.83. The van der Waals surface area contributed by atoms with Gasteiger partial charge < -0.3 is 20.5 Å². The topological polar surface area (TPSA) is 71.0 Å². The van der Waals surface area contributed by atoms with Crippen LogP contribution in [0.5, 0.6) is 0 Å². The third kappa shape index (κ3) is 6.84. The molecule has 2 aromatic carbocycles. The predicted octanol–water partition coefficient (Wildman–Crippen LogP) is 6.51. The molecule has 4 rings (SSSR count). The first-order valence-electron chi connectivity index (χ1n) is 11.7. The molecule has 0 fully saturated rings. The van der Waals surface area contributed by atoms with E-state index in [1.54, 1.807) is 35.0 Å². The van der Waals surface area contributed by atoms with Gasteiger partial charge in [-0.05, 0) is 53.6 Å². The highest BCUT2D eigenvalue weighted by Gasteiger charge is 2.37. The Morgan fingerprint density at radius 1 is 0.854 bits per heavy atom. The molecule has 0 spiro atoms. The monoisotopic (exact) mass is 588 g/mol. The van der Waals surface area contributed by atoms with Crippen molar-refractivity contribution in [2.75, 3.05) is 7.05 Å². The number of nitrogens with one attached hydrogen (secondary N) is 1. The molecule has 15 heteroatoms. The number of hydrogen-bond acceptors (Lipinski definition) is 3. The Morgan fingerprint density at radius 3 is 2.05 bits per heavy atom. The number of halogens is 9. The summed E-state index contributed by atoms with van der Waals surface area (Å²) in [6.07, 6.45) is -11.7. The van der Waals surface area contributed by atoms with E-state index in [9.17, 15) is 39.5 Å². The number of hydrazone groups is 1. The number of nitrogens with zero attached hydrogens (tertiary/aromatic N) is 4. The molecule has 41 heavy (non-hydrogen) atoms. The van der Waals surface area contributed by atoms with Crippen molar-refractivity contribution in [3.63, 3.8) is 0 Å². The van der Waals surface area contributed by atoms with Crippen LogP contribution in [0.3, 0.4) is 0 Å². The van der Waals surface area contributed by atoms with Crippen LogP contribution in [0.25, 0.3) is 16.9 Å². The number of benzene rings is 2. The third-order valence-electron chi connectivity index (χ3n) is 6.00. The van der Waals surface area contributed by atoms with Crippen molar-refractivity contribution >= 4 is 11.6 Å². The van der Waals surface area contributed by atoms with Crippen LogP contribution < -0.4 is 11.2 Å². The van der Waals surface area contributed by atoms with Gasteiger partial charge in [0.1, 0.15) is 5.65 Å². The van der Waals surface area contributed by atoms with Crippen LogP contribution in [-0.4, -0.2) is 27.3 Å². The van der Waals surface area contributed by atoms with E-state index in [0.29, 0.717) is 17.8 Å². The lowest BCUT2D eigenvalue weighted by Crippen LogP contribution is -2.38. The van der Waals surface area contributed by atoms with Gasteiger partial charge in [-0.1, -0.05) is 12.1 Å². The summed E-state index contributed by atoms with van der Waals surface area (Å²) in [6, 6.07) is 8.97. The van der Waals surface area contributed by atoms with E-state index in [2.05, 4.69) is 15.5 Å². The maximum atomic E-state index is 13.6. The molecule has 0 radical (unpaired) electrons. The average Bonchev–Trinajstić information content (AvgIpc) is 3.31. The minimum absolute atomic E-state index is 0.000468. The van der Waals surface area contributed by atoms with Crippen molar-refractivity contribution < 1.29 is 39.5 Å². The van der Waals surface area contributed by atoms with E-state index < -0.39 is 59.8 Å². The Balaban J connectivity index is 1.83. The predicted molar refractivity (Wildman–Crippen MR) is 132 cm³/mol. The summed E-state index contributed by atoms with van der Waals surface area (Å²) in [6.45, 7) is -1.12. The first-order valence-corrected chi connectivity index (χ1v) is 11.7. The zero-order chi connectivity index (χ0) is 30.2. The summed E-state index contributed by atoms with van der Waals surface area (Å²) < 4.78 is 123. The van der Waals surface area contributed by atoms with Gasteiger partial charge in [0.05, 0.1) is 22.4 Å². The van der Waals surface area contributed by atoms with Crippen LogP contribution in [0.1, 0.15) is 27.8 Å². The fourth-order valence-electron chi connectivity index (χ4n) is 4.15. The molecule has 0 atom stereocenters. The van der Waals surface area contributed by atoms with Crippen LogP contribution in [0.4, 0.5) is 39.5 Å². The van der Waals surface area contributed by atoms with Crippen LogP contribution in [-0.2, 0) is 31.6 Å². The molecule has 0 saturated heterocycles. The molecule has 0 bridgehead atoms.